The van der Waals surface area contributed by atoms with Crippen LogP contribution < -0.4 is 10.2 Å². The summed E-state index contributed by atoms with van der Waals surface area (Å²) in [6.07, 6.45) is 10.7. The minimum atomic E-state index is -0.200. The van der Waals surface area contributed by atoms with Crippen LogP contribution in [0.2, 0.25) is 0 Å². The molecule has 4 heteroatoms. The van der Waals surface area contributed by atoms with Gasteiger partial charge in [0.05, 0.1) is 5.56 Å². The van der Waals surface area contributed by atoms with E-state index in [0.717, 1.165) is 32.2 Å². The molecule has 1 aliphatic heterocycles. The Morgan fingerprint density at radius 1 is 1.03 bits per heavy atom. The van der Waals surface area contributed by atoms with Gasteiger partial charge < -0.3 is 15.3 Å². The molecule has 0 unspecified atom stereocenters. The second kappa shape index (κ2) is 11.9. The van der Waals surface area contributed by atoms with E-state index in [-0.39, 0.29) is 11.7 Å². The molecule has 2 aromatic rings. The minimum absolute atomic E-state index is 0.0351. The van der Waals surface area contributed by atoms with Gasteiger partial charge in [0.15, 0.2) is 0 Å². The third kappa shape index (κ3) is 6.05. The molecule has 2 aromatic carbocycles. The molecule has 0 aromatic heterocycles. The van der Waals surface area contributed by atoms with Crippen LogP contribution in [0.25, 0.3) is 0 Å². The monoisotopic (exact) mass is 436 g/mol. The van der Waals surface area contributed by atoms with Gasteiger partial charge in [-0.3, -0.25) is 4.79 Å². The third-order valence-electron chi connectivity index (χ3n) is 6.72. The van der Waals surface area contributed by atoms with Crippen LogP contribution in [0.1, 0.15) is 84.5 Å². The first kappa shape index (κ1) is 24.2. The van der Waals surface area contributed by atoms with Gasteiger partial charge in [0.1, 0.15) is 5.75 Å². The molecule has 0 atom stereocenters. The van der Waals surface area contributed by atoms with Crippen LogP contribution in [0, 0.1) is 13.8 Å². The van der Waals surface area contributed by atoms with Crippen LogP contribution in [0.15, 0.2) is 30.3 Å². The van der Waals surface area contributed by atoms with Crippen molar-refractivity contribution in [2.45, 2.75) is 78.6 Å². The topological polar surface area (TPSA) is 52.6 Å². The molecule has 1 amide bonds. The van der Waals surface area contributed by atoms with E-state index >= 15 is 0 Å². The number of benzene rings is 2. The minimum Gasteiger partial charge on any atom is -0.507 e. The molecule has 0 saturated heterocycles. The van der Waals surface area contributed by atoms with Crippen LogP contribution in [0.5, 0.6) is 5.75 Å². The predicted octanol–water partition coefficient (Wildman–Crippen LogP) is 6.09. The van der Waals surface area contributed by atoms with Crippen molar-refractivity contribution in [2.24, 2.45) is 0 Å². The number of phenols is 1. The number of unbranched alkanes of at least 4 members (excludes halogenated alkanes) is 5. The Hall–Kier alpha value is -2.49. The van der Waals surface area contributed by atoms with E-state index in [4.69, 9.17) is 0 Å². The third-order valence-corrected chi connectivity index (χ3v) is 6.72. The van der Waals surface area contributed by atoms with E-state index < -0.39 is 0 Å². The zero-order valence-electron chi connectivity index (χ0n) is 20.2. The molecular weight excluding hydrogens is 396 g/mol. The zero-order valence-corrected chi connectivity index (χ0v) is 20.2. The fraction of sp³-hybridized carbons (Fsp3) is 0.536. The molecule has 1 heterocycles. The lowest BCUT2D eigenvalue weighted by molar-refractivity contribution is 0.0950. The molecular formula is C28H40N2O2. The highest BCUT2D eigenvalue weighted by Gasteiger charge is 2.24. The Morgan fingerprint density at radius 3 is 2.59 bits per heavy atom. The Balaban J connectivity index is 1.50. The number of para-hydroxylation sites is 1. The summed E-state index contributed by atoms with van der Waals surface area (Å²) in [5.41, 5.74) is 7.86. The number of carbonyl (C=O) groups is 1. The number of aryl methyl sites for hydroxylation is 2. The average Bonchev–Trinajstić information content (AvgIpc) is 3.20. The molecule has 0 fully saturated rings. The summed E-state index contributed by atoms with van der Waals surface area (Å²) < 4.78 is 0. The van der Waals surface area contributed by atoms with E-state index in [1.54, 1.807) is 29.8 Å². The molecule has 1 aliphatic rings. The first-order valence-corrected chi connectivity index (χ1v) is 12.5. The number of phenolic OH excluding ortho intramolecular Hbond substituents is 1. The quantitative estimate of drug-likeness (QED) is 0.396. The van der Waals surface area contributed by atoms with Crippen molar-refractivity contribution in [3.63, 3.8) is 0 Å². The molecule has 32 heavy (non-hydrogen) atoms. The number of anilines is 1. The van der Waals surface area contributed by atoms with E-state index in [1.165, 1.54) is 61.0 Å². The summed E-state index contributed by atoms with van der Waals surface area (Å²) in [5, 5.41) is 12.7. The lowest BCUT2D eigenvalue weighted by atomic mass is 9.93. The highest BCUT2D eigenvalue weighted by atomic mass is 16.3. The van der Waals surface area contributed by atoms with Crippen LogP contribution >= 0.6 is 0 Å². The van der Waals surface area contributed by atoms with Crippen LogP contribution in [-0.4, -0.2) is 30.6 Å². The van der Waals surface area contributed by atoms with Crippen LogP contribution in [0.3, 0.4) is 0 Å². The molecule has 0 bridgehead atoms. The van der Waals surface area contributed by atoms with Crippen LogP contribution in [0.4, 0.5) is 5.69 Å². The van der Waals surface area contributed by atoms with Crippen LogP contribution in [-0.2, 0) is 12.8 Å². The summed E-state index contributed by atoms with van der Waals surface area (Å²) in [6.45, 7) is 9.79. The van der Waals surface area contributed by atoms with Gasteiger partial charge in [0.25, 0.3) is 5.91 Å². The number of hydrogen-bond acceptors (Lipinski definition) is 3. The summed E-state index contributed by atoms with van der Waals surface area (Å²) >= 11 is 0. The number of nitrogens with one attached hydrogen (secondary N) is 1. The van der Waals surface area contributed by atoms with Gasteiger partial charge in [-0.2, -0.15) is 0 Å². The van der Waals surface area contributed by atoms with Crippen molar-refractivity contribution >= 4 is 11.6 Å². The molecule has 4 nitrogen and oxygen atoms in total. The van der Waals surface area contributed by atoms with Gasteiger partial charge in [0.2, 0.25) is 0 Å². The summed E-state index contributed by atoms with van der Waals surface area (Å²) in [6, 6.07) is 9.07. The second-order valence-electron chi connectivity index (χ2n) is 9.20. The smallest absolute Gasteiger partial charge is 0.255 e. The number of amides is 1. The summed E-state index contributed by atoms with van der Waals surface area (Å²) in [4.78, 5) is 14.9. The van der Waals surface area contributed by atoms with Crippen molar-refractivity contribution in [3.05, 3.63) is 58.1 Å². The van der Waals surface area contributed by atoms with Gasteiger partial charge in [-0.25, -0.2) is 0 Å². The molecule has 0 saturated carbocycles. The fourth-order valence-corrected chi connectivity index (χ4v) is 4.95. The van der Waals surface area contributed by atoms with Crippen molar-refractivity contribution in [2.75, 3.05) is 24.5 Å². The lowest BCUT2D eigenvalue weighted by Gasteiger charge is -2.24. The molecule has 2 N–H and O–H groups in total. The SMILES string of the molecule is CCCCCCN1CCc2c(C)cc(C)c(CCCCCNC(=O)c3ccccc3O)c21. The Labute approximate surface area is 194 Å². The second-order valence-corrected chi connectivity index (χ2v) is 9.20. The summed E-state index contributed by atoms with van der Waals surface area (Å²) in [7, 11) is 0. The Kier molecular flexibility index (Phi) is 9.01. The van der Waals surface area contributed by atoms with E-state index in [1.807, 2.05) is 0 Å². The molecule has 0 radical (unpaired) electrons. The van der Waals surface area contributed by atoms with Gasteiger partial charge in [-0.1, -0.05) is 50.8 Å². The molecule has 0 spiro atoms. The molecule has 3 rings (SSSR count). The highest BCUT2D eigenvalue weighted by molar-refractivity contribution is 5.96. The predicted molar refractivity (Wildman–Crippen MR) is 134 cm³/mol. The van der Waals surface area contributed by atoms with Gasteiger partial charge >= 0.3 is 0 Å². The van der Waals surface area contributed by atoms with Gasteiger partial charge in [-0.05, 0) is 80.3 Å². The van der Waals surface area contributed by atoms with Crippen molar-refractivity contribution in [1.29, 1.82) is 0 Å². The Bertz CT molecular complexity index is 907. The number of carbonyl (C=O) groups excluding carboxylic acids is 1. The lowest BCUT2D eigenvalue weighted by Crippen LogP contribution is -2.24. The van der Waals surface area contributed by atoms with E-state index in [9.17, 15) is 9.90 Å². The number of rotatable bonds is 12. The first-order valence-electron chi connectivity index (χ1n) is 12.5. The normalized spacial score (nSPS) is 12.8. The van der Waals surface area contributed by atoms with Gasteiger partial charge in [0, 0.05) is 25.3 Å². The van der Waals surface area contributed by atoms with E-state index in [0.29, 0.717) is 12.1 Å². The first-order chi connectivity index (χ1) is 15.5. The molecule has 0 aliphatic carbocycles. The molecule has 174 valence electrons. The number of nitrogens with zero attached hydrogens (tertiary/aromatic N) is 1. The number of fused-ring (bicyclic) bond motifs is 1. The van der Waals surface area contributed by atoms with Crippen molar-refractivity contribution in [1.82, 2.24) is 5.32 Å². The Morgan fingerprint density at radius 2 is 1.81 bits per heavy atom. The van der Waals surface area contributed by atoms with Crippen molar-refractivity contribution < 1.29 is 9.90 Å². The highest BCUT2D eigenvalue weighted by Crippen LogP contribution is 2.37. The number of hydrogen-bond donors (Lipinski definition) is 2. The standard InChI is InChI=1S/C28H40N2O2/c1-4-5-6-12-18-30-19-16-24-22(3)20-21(2)23(27(24)30)13-8-7-11-17-29-28(32)25-14-9-10-15-26(25)31/h9-10,14-15,20,31H,4-8,11-13,16-19H2,1-3H3,(H,29,32). The zero-order chi connectivity index (χ0) is 22.9. The number of aromatic hydroxyl groups is 1. The largest absolute Gasteiger partial charge is 0.507 e. The summed E-state index contributed by atoms with van der Waals surface area (Å²) in [5.74, 6) is -0.165. The fourth-order valence-electron chi connectivity index (χ4n) is 4.95. The maximum absolute atomic E-state index is 12.2. The maximum Gasteiger partial charge on any atom is 0.255 e. The average molecular weight is 437 g/mol. The van der Waals surface area contributed by atoms with Gasteiger partial charge in [-0.15, -0.1) is 0 Å². The maximum atomic E-state index is 12.2. The van der Waals surface area contributed by atoms with Crippen molar-refractivity contribution in [3.8, 4) is 5.75 Å². The van der Waals surface area contributed by atoms with E-state index in [2.05, 4.69) is 37.1 Å².